The number of rotatable bonds is 3. The van der Waals surface area contributed by atoms with Crippen LogP contribution in [0.25, 0.3) is 10.8 Å². The lowest BCUT2D eigenvalue weighted by atomic mass is 9.97. The molecule has 0 spiro atoms. The van der Waals surface area contributed by atoms with Crippen molar-refractivity contribution >= 4 is 16.7 Å². The Bertz CT molecular complexity index is 633. The number of methoxy groups -OCH3 is 1. The van der Waals surface area contributed by atoms with Crippen molar-refractivity contribution in [2.45, 2.75) is 19.4 Å². The van der Waals surface area contributed by atoms with E-state index in [2.05, 4.69) is 47.4 Å². The van der Waals surface area contributed by atoms with E-state index in [0.717, 1.165) is 32.5 Å². The van der Waals surface area contributed by atoms with Gasteiger partial charge in [-0.05, 0) is 35.7 Å². The van der Waals surface area contributed by atoms with Crippen LogP contribution in [0.4, 0.5) is 0 Å². The fourth-order valence-corrected chi connectivity index (χ4v) is 3.23. The van der Waals surface area contributed by atoms with E-state index >= 15 is 0 Å². The summed E-state index contributed by atoms with van der Waals surface area (Å²) in [4.78, 5) is 14.1. The molecule has 1 aliphatic heterocycles. The molecule has 1 atom stereocenters. The molecule has 3 rings (SSSR count). The third-order valence-corrected chi connectivity index (χ3v) is 4.31. The van der Waals surface area contributed by atoms with Gasteiger partial charge in [0.2, 0.25) is 0 Å². The minimum atomic E-state index is -0.0716. The van der Waals surface area contributed by atoms with Gasteiger partial charge in [-0.2, -0.15) is 0 Å². The van der Waals surface area contributed by atoms with Crippen molar-refractivity contribution in [3.63, 3.8) is 0 Å². The number of ether oxygens (including phenoxy) is 1. The SMILES string of the molecule is COC(=O)C1CCCN(Cc2cccc3ccccc23)C1. The van der Waals surface area contributed by atoms with Gasteiger partial charge < -0.3 is 4.74 Å². The van der Waals surface area contributed by atoms with Crippen LogP contribution in [0, 0.1) is 5.92 Å². The Labute approximate surface area is 125 Å². The van der Waals surface area contributed by atoms with E-state index in [4.69, 9.17) is 4.74 Å². The highest BCUT2D eigenvalue weighted by Gasteiger charge is 2.26. The molecule has 2 aromatic rings. The fraction of sp³-hybridized carbons (Fsp3) is 0.389. The van der Waals surface area contributed by atoms with Gasteiger partial charge in [0.05, 0.1) is 13.0 Å². The highest BCUT2D eigenvalue weighted by molar-refractivity contribution is 5.85. The minimum absolute atomic E-state index is 0.0266. The Morgan fingerprint density at radius 3 is 2.90 bits per heavy atom. The molecular formula is C18H21NO2. The summed E-state index contributed by atoms with van der Waals surface area (Å²) in [5.41, 5.74) is 1.33. The normalized spacial score (nSPS) is 19.6. The van der Waals surface area contributed by atoms with E-state index < -0.39 is 0 Å². The fourth-order valence-electron chi connectivity index (χ4n) is 3.23. The molecule has 1 saturated heterocycles. The number of likely N-dealkylation sites (tertiary alicyclic amines) is 1. The maximum atomic E-state index is 11.7. The lowest BCUT2D eigenvalue weighted by Gasteiger charge is -2.31. The molecule has 110 valence electrons. The van der Waals surface area contributed by atoms with E-state index in [1.54, 1.807) is 0 Å². The van der Waals surface area contributed by atoms with Crippen molar-refractivity contribution in [1.82, 2.24) is 4.90 Å². The maximum Gasteiger partial charge on any atom is 0.309 e. The van der Waals surface area contributed by atoms with Gasteiger partial charge in [-0.1, -0.05) is 42.5 Å². The van der Waals surface area contributed by atoms with Gasteiger partial charge in [0, 0.05) is 13.1 Å². The molecule has 1 unspecified atom stereocenters. The smallest absolute Gasteiger partial charge is 0.309 e. The summed E-state index contributed by atoms with van der Waals surface area (Å²) in [6.45, 7) is 2.75. The zero-order valence-corrected chi connectivity index (χ0v) is 12.4. The lowest BCUT2D eigenvalue weighted by molar-refractivity contribution is -0.147. The number of piperidine rings is 1. The molecule has 1 heterocycles. The van der Waals surface area contributed by atoms with E-state index in [0.29, 0.717) is 0 Å². The molecule has 1 aliphatic rings. The number of fused-ring (bicyclic) bond motifs is 1. The molecule has 2 aromatic carbocycles. The summed E-state index contributed by atoms with van der Waals surface area (Å²) >= 11 is 0. The van der Waals surface area contributed by atoms with E-state index in [1.807, 2.05) is 0 Å². The second-order valence-corrected chi connectivity index (χ2v) is 5.74. The highest BCUT2D eigenvalue weighted by Crippen LogP contribution is 2.23. The summed E-state index contributed by atoms with van der Waals surface area (Å²) in [6.07, 6.45) is 2.00. The van der Waals surface area contributed by atoms with Crippen molar-refractivity contribution in [1.29, 1.82) is 0 Å². The van der Waals surface area contributed by atoms with Gasteiger partial charge in [-0.15, -0.1) is 0 Å². The van der Waals surface area contributed by atoms with Crippen LogP contribution in [0.3, 0.4) is 0 Å². The Hall–Kier alpha value is -1.87. The molecule has 3 heteroatoms. The Balaban J connectivity index is 1.77. The Morgan fingerprint density at radius 1 is 1.24 bits per heavy atom. The summed E-state index contributed by atoms with van der Waals surface area (Å²) in [6, 6.07) is 14.9. The zero-order chi connectivity index (χ0) is 14.7. The summed E-state index contributed by atoms with van der Waals surface area (Å²) < 4.78 is 4.89. The number of benzene rings is 2. The van der Waals surface area contributed by atoms with Crippen molar-refractivity contribution < 1.29 is 9.53 Å². The van der Waals surface area contributed by atoms with Crippen LogP contribution in [-0.2, 0) is 16.1 Å². The molecule has 0 saturated carbocycles. The van der Waals surface area contributed by atoms with Gasteiger partial charge in [0.15, 0.2) is 0 Å². The first-order valence-corrected chi connectivity index (χ1v) is 7.55. The van der Waals surface area contributed by atoms with Crippen LogP contribution in [0.1, 0.15) is 18.4 Å². The Morgan fingerprint density at radius 2 is 2.05 bits per heavy atom. The van der Waals surface area contributed by atoms with Gasteiger partial charge in [0.1, 0.15) is 0 Å². The van der Waals surface area contributed by atoms with Gasteiger partial charge in [-0.25, -0.2) is 0 Å². The standard InChI is InChI=1S/C18H21NO2/c1-21-18(20)16-9-5-11-19(13-16)12-15-8-4-7-14-6-2-3-10-17(14)15/h2-4,6-8,10,16H,5,9,11-13H2,1H3. The molecule has 0 radical (unpaired) electrons. The van der Waals surface area contributed by atoms with E-state index in [9.17, 15) is 4.79 Å². The molecule has 21 heavy (non-hydrogen) atoms. The molecule has 3 nitrogen and oxygen atoms in total. The third kappa shape index (κ3) is 3.08. The summed E-state index contributed by atoms with van der Waals surface area (Å²) in [5.74, 6) is -0.0450. The molecule has 0 aromatic heterocycles. The first kappa shape index (κ1) is 14.1. The zero-order valence-electron chi connectivity index (χ0n) is 12.4. The number of carbonyl (C=O) groups excluding carboxylic acids is 1. The quantitative estimate of drug-likeness (QED) is 0.810. The monoisotopic (exact) mass is 283 g/mol. The molecule has 0 bridgehead atoms. The van der Waals surface area contributed by atoms with Crippen molar-refractivity contribution in [2.24, 2.45) is 5.92 Å². The van der Waals surface area contributed by atoms with Crippen LogP contribution >= 0.6 is 0 Å². The number of hydrogen-bond acceptors (Lipinski definition) is 3. The van der Waals surface area contributed by atoms with Crippen LogP contribution in [0.15, 0.2) is 42.5 Å². The van der Waals surface area contributed by atoms with Crippen LogP contribution < -0.4 is 0 Å². The lowest BCUT2D eigenvalue weighted by Crippen LogP contribution is -2.38. The first-order chi connectivity index (χ1) is 10.3. The number of carbonyl (C=O) groups is 1. The molecule has 0 N–H and O–H groups in total. The second-order valence-electron chi connectivity index (χ2n) is 5.74. The van der Waals surface area contributed by atoms with Crippen molar-refractivity contribution in [3.05, 3.63) is 48.0 Å². The largest absolute Gasteiger partial charge is 0.469 e. The van der Waals surface area contributed by atoms with Crippen LogP contribution in [0.2, 0.25) is 0 Å². The van der Waals surface area contributed by atoms with Crippen LogP contribution in [-0.4, -0.2) is 31.1 Å². The summed E-state index contributed by atoms with van der Waals surface area (Å²) in [5, 5.41) is 2.58. The topological polar surface area (TPSA) is 29.5 Å². The van der Waals surface area contributed by atoms with Crippen molar-refractivity contribution in [3.8, 4) is 0 Å². The number of esters is 1. The van der Waals surface area contributed by atoms with E-state index in [-0.39, 0.29) is 11.9 Å². The number of nitrogens with zero attached hydrogens (tertiary/aromatic N) is 1. The molecule has 0 amide bonds. The average Bonchev–Trinajstić information content (AvgIpc) is 2.55. The maximum absolute atomic E-state index is 11.7. The Kier molecular flexibility index (Phi) is 4.20. The number of hydrogen-bond donors (Lipinski definition) is 0. The predicted octanol–water partition coefficient (Wildman–Crippen LogP) is 3.22. The van der Waals surface area contributed by atoms with Gasteiger partial charge >= 0.3 is 5.97 Å². The summed E-state index contributed by atoms with van der Waals surface area (Å²) in [7, 11) is 1.48. The van der Waals surface area contributed by atoms with Gasteiger partial charge in [0.25, 0.3) is 0 Å². The molecule has 0 aliphatic carbocycles. The van der Waals surface area contributed by atoms with Crippen LogP contribution in [0.5, 0.6) is 0 Å². The second kappa shape index (κ2) is 6.27. The predicted molar refractivity (Wildman–Crippen MR) is 84.0 cm³/mol. The van der Waals surface area contributed by atoms with Gasteiger partial charge in [-0.3, -0.25) is 9.69 Å². The molecule has 1 fully saturated rings. The van der Waals surface area contributed by atoms with Crippen molar-refractivity contribution in [2.75, 3.05) is 20.2 Å². The average molecular weight is 283 g/mol. The van der Waals surface area contributed by atoms with E-state index in [1.165, 1.54) is 23.4 Å². The third-order valence-electron chi connectivity index (χ3n) is 4.31. The minimum Gasteiger partial charge on any atom is -0.469 e. The highest BCUT2D eigenvalue weighted by atomic mass is 16.5. The first-order valence-electron chi connectivity index (χ1n) is 7.55. The molecular weight excluding hydrogens is 262 g/mol.